The van der Waals surface area contributed by atoms with E-state index in [1.54, 1.807) is 0 Å². The highest BCUT2D eigenvalue weighted by Gasteiger charge is 2.56. The van der Waals surface area contributed by atoms with Gasteiger partial charge < -0.3 is 55.4 Å². The van der Waals surface area contributed by atoms with E-state index in [2.05, 4.69) is 75.2 Å². The van der Waals surface area contributed by atoms with Gasteiger partial charge in [0.05, 0.1) is 6.61 Å². The maximum absolute atomic E-state index is 13.0. The molecule has 362 valence electrons. The summed E-state index contributed by atoms with van der Waals surface area (Å²) in [5.74, 6) is 22.8. The molecule has 0 bridgehead atoms. The number of hydrogen-bond acceptors (Lipinski definition) is 15. The van der Waals surface area contributed by atoms with Crippen LogP contribution >= 0.6 is 23.5 Å². The molecule has 1 fully saturated rings. The first-order chi connectivity index (χ1) is 28.3. The molecule has 23 heteroatoms. The molecule has 0 saturated heterocycles. The fourth-order valence-corrected chi connectivity index (χ4v) is 7.50. The van der Waals surface area contributed by atoms with Crippen LogP contribution in [0.4, 0.5) is 0 Å². The molecule has 11 N–H and O–H groups in total. The summed E-state index contributed by atoms with van der Waals surface area (Å²) in [6.45, 7) is 0.365. The number of unbranched alkanes of at least 4 members (excludes halogenated alkanes) is 12. The van der Waals surface area contributed by atoms with Crippen molar-refractivity contribution in [2.24, 2.45) is 0 Å². The van der Waals surface area contributed by atoms with E-state index in [0.717, 1.165) is 25.7 Å². The van der Waals surface area contributed by atoms with Crippen LogP contribution in [-0.2, 0) is 50.9 Å². The molecule has 0 aliphatic heterocycles. The maximum Gasteiger partial charge on any atom is 0.472 e. The standard InChI is InChI=1S/C38H51O19P3.H3N.11H2/c1-3-5-7-9-11-13-15-16-17-19-21-23-25-27-32(40)54-30(28-52-31(39)26-24-22-20-18-14-12-10-8-6-4-2)29-53-60(50,51)57-36-33(41)34(42)37(55-58(44,45)46)38(35(36)43)56-59(47,48)49;;;;;;;;;;;;/h2,30,33-38,41-43H,3,5,7,9,11,13,15-17,19,21,23,25,27-29H2,1H3,(H,50,51)(H2,44,45,46)(H2,47,48,49);1H3;11*1H/t30-,33?,34-,35+,36?,37?,38+;;;;;;;;;;;;/m1............/s1. The lowest BCUT2D eigenvalue weighted by Gasteiger charge is -2.44. The van der Waals surface area contributed by atoms with Gasteiger partial charge in [-0.15, -0.1) is 6.42 Å². The molecule has 0 aromatic rings. The third-order valence-electron chi connectivity index (χ3n) is 8.14. The zero-order valence-corrected chi connectivity index (χ0v) is 36.2. The Morgan fingerprint density at radius 3 is 1.51 bits per heavy atom. The van der Waals surface area contributed by atoms with Crippen LogP contribution in [0.1, 0.15) is 113 Å². The summed E-state index contributed by atoms with van der Waals surface area (Å²) in [5, 5.41) is 31.6. The largest absolute Gasteiger partial charge is 0.472 e. The second kappa shape index (κ2) is 31.3. The minimum atomic E-state index is -5.63. The Hall–Kier alpha value is -3.53. The zero-order valence-electron chi connectivity index (χ0n) is 33.5. The molecule has 0 aromatic carbocycles. The number of aliphatic hydroxyl groups excluding tert-OH is 3. The minimum absolute atomic E-state index is 0. The number of esters is 2. The first-order valence-electron chi connectivity index (χ1n) is 18.8. The Labute approximate surface area is 372 Å². The van der Waals surface area contributed by atoms with Crippen LogP contribution in [0.5, 0.6) is 0 Å². The van der Waals surface area contributed by atoms with Gasteiger partial charge in [0, 0.05) is 28.0 Å². The Kier molecular flexibility index (Phi) is 29.5. The van der Waals surface area contributed by atoms with Gasteiger partial charge in [-0.3, -0.25) is 22.9 Å². The van der Waals surface area contributed by atoms with Crippen LogP contribution in [-0.4, -0.2) is 108 Å². The predicted octanol–water partition coefficient (Wildman–Crippen LogP) is 5.00. The fourth-order valence-electron chi connectivity index (χ4n) is 5.40. The number of terminal acetylenes is 1. The lowest BCUT2D eigenvalue weighted by molar-refractivity contribution is -0.213. The predicted molar refractivity (Wildman–Crippen MR) is 240 cm³/mol. The number of aliphatic hydroxyl groups is 3. The van der Waals surface area contributed by atoms with E-state index in [1.807, 2.05) is 5.92 Å². The highest BCUT2D eigenvalue weighted by Crippen LogP contribution is 2.51. The molecule has 1 aliphatic carbocycles. The summed E-state index contributed by atoms with van der Waals surface area (Å²) >= 11 is 0. The van der Waals surface area contributed by atoms with Gasteiger partial charge in [0.2, 0.25) is 0 Å². The number of carbonyl (C=O) groups is 2. The molecule has 1 rings (SSSR count). The van der Waals surface area contributed by atoms with Crippen molar-refractivity contribution in [1.82, 2.24) is 6.15 Å². The molecule has 1 aliphatic rings. The van der Waals surface area contributed by atoms with E-state index in [1.165, 1.54) is 44.9 Å². The molecule has 0 spiro atoms. The number of hydrogen-bond donors (Lipinski definition) is 9. The second-order valence-electron chi connectivity index (χ2n) is 13.0. The Bertz CT molecular complexity index is 1930. The molecule has 20 nitrogen and oxygen atoms in total. The van der Waals surface area contributed by atoms with Crippen LogP contribution in [0.15, 0.2) is 0 Å². The van der Waals surface area contributed by atoms with Crippen LogP contribution in [0.3, 0.4) is 0 Å². The van der Waals surface area contributed by atoms with Gasteiger partial charge in [0.1, 0.15) is 43.2 Å². The topological polar surface area (TPSA) is 338 Å². The second-order valence-corrected chi connectivity index (χ2v) is 16.8. The van der Waals surface area contributed by atoms with Crippen molar-refractivity contribution in [2.75, 3.05) is 13.2 Å². The summed E-state index contributed by atoms with van der Waals surface area (Å²) in [7, 11) is -16.7. The molecule has 0 amide bonds. The normalized spacial score (nSPS) is 20.8. The van der Waals surface area contributed by atoms with Crippen molar-refractivity contribution in [3.63, 3.8) is 0 Å². The molecule has 1 saturated carbocycles. The van der Waals surface area contributed by atoms with E-state index in [4.69, 9.17) is 24.9 Å². The van der Waals surface area contributed by atoms with Crippen molar-refractivity contribution >= 4 is 35.4 Å². The lowest BCUT2D eigenvalue weighted by atomic mass is 9.85. The highest BCUT2D eigenvalue weighted by atomic mass is 31.2. The SMILES string of the molecule is C#CC#CC#CC#CC#CC#CC(=O)OC[C@H](COP(=O)(O)OC1C(O)[C@@H](O)C(OP(=O)(O)O)[C@@H](OP(=O)(O)O)[C@H]1O)OC(=O)CCCCCCCCCCCCCCC.N.[HH].[HH].[HH].[HH].[HH].[HH].[HH].[HH].[HH].[HH].[HH]. The average molecular weight is 944 g/mol. The summed E-state index contributed by atoms with van der Waals surface area (Å²) in [6, 6.07) is 0. The Balaban J connectivity index is -0.000000300. The van der Waals surface area contributed by atoms with E-state index in [0.29, 0.717) is 12.8 Å². The lowest BCUT2D eigenvalue weighted by Crippen LogP contribution is -2.65. The van der Waals surface area contributed by atoms with Crippen LogP contribution in [0, 0.1) is 71.5 Å². The van der Waals surface area contributed by atoms with Crippen molar-refractivity contribution in [1.29, 1.82) is 0 Å². The molecule has 8 atom stereocenters. The van der Waals surface area contributed by atoms with Crippen molar-refractivity contribution in [2.45, 2.75) is 140 Å². The smallest absolute Gasteiger partial charge is 0.456 e. The molecule has 0 radical (unpaired) electrons. The fraction of sp³-hybridized carbons (Fsp3) is 0.632. The number of rotatable bonds is 26. The number of carbonyl (C=O) groups excluding carboxylic acids is 2. The maximum atomic E-state index is 13.0. The van der Waals surface area contributed by atoms with E-state index < -0.39 is 91.3 Å². The van der Waals surface area contributed by atoms with Crippen LogP contribution in [0.25, 0.3) is 0 Å². The van der Waals surface area contributed by atoms with Gasteiger partial charge in [-0.25, -0.2) is 18.5 Å². The van der Waals surface area contributed by atoms with Gasteiger partial charge >= 0.3 is 35.4 Å². The molecular formula is C38H76NO19P3. The quantitative estimate of drug-likeness (QED) is 0.0181. The van der Waals surface area contributed by atoms with Gasteiger partial charge in [0.15, 0.2) is 6.10 Å². The number of ether oxygens (including phenoxy) is 2. The zero-order chi connectivity index (χ0) is 45.0. The van der Waals surface area contributed by atoms with Crippen LogP contribution in [0.2, 0.25) is 0 Å². The summed E-state index contributed by atoms with van der Waals surface area (Å²) in [6.07, 6.45) is 1.93. The number of phosphoric ester groups is 3. The number of phosphoric acid groups is 3. The first kappa shape index (κ1) is 57.5. The van der Waals surface area contributed by atoms with Crippen LogP contribution < -0.4 is 6.15 Å². The molecule has 0 aromatic heterocycles. The Morgan fingerprint density at radius 1 is 0.607 bits per heavy atom. The van der Waals surface area contributed by atoms with Gasteiger partial charge in [0.25, 0.3) is 0 Å². The molecular weight excluding hydrogens is 867 g/mol. The van der Waals surface area contributed by atoms with Gasteiger partial charge in [-0.05, 0) is 65.6 Å². The van der Waals surface area contributed by atoms with E-state index in [-0.39, 0.29) is 28.3 Å². The summed E-state index contributed by atoms with van der Waals surface area (Å²) in [4.78, 5) is 72.2. The minimum Gasteiger partial charge on any atom is -0.456 e. The van der Waals surface area contributed by atoms with Crippen molar-refractivity contribution in [3.8, 4) is 71.5 Å². The molecule has 4 unspecified atom stereocenters. The summed E-state index contributed by atoms with van der Waals surface area (Å²) < 4.78 is 64.4. The average Bonchev–Trinajstić information content (AvgIpc) is 3.16. The molecule has 61 heavy (non-hydrogen) atoms. The Morgan fingerprint density at radius 2 is 1.03 bits per heavy atom. The third-order valence-corrected chi connectivity index (χ3v) is 10.2. The van der Waals surface area contributed by atoms with Crippen molar-refractivity contribution < 1.29 is 106 Å². The highest BCUT2D eigenvalue weighted by molar-refractivity contribution is 7.47. The summed E-state index contributed by atoms with van der Waals surface area (Å²) in [5.41, 5.74) is 0. The first-order valence-corrected chi connectivity index (χ1v) is 23.4. The molecule has 0 heterocycles. The van der Waals surface area contributed by atoms with E-state index in [9.17, 15) is 63.1 Å². The van der Waals surface area contributed by atoms with E-state index >= 15 is 0 Å². The monoisotopic (exact) mass is 943 g/mol. The van der Waals surface area contributed by atoms with Crippen molar-refractivity contribution in [3.05, 3.63) is 0 Å². The third kappa shape index (κ3) is 27.9. The van der Waals surface area contributed by atoms with Gasteiger partial charge in [-0.2, -0.15) is 0 Å². The van der Waals surface area contributed by atoms with Gasteiger partial charge in [-0.1, -0.05) is 84.0 Å².